The number of rotatable bonds is 7. The predicted molar refractivity (Wildman–Crippen MR) is 226 cm³/mol. The van der Waals surface area contributed by atoms with Crippen molar-refractivity contribution in [3.05, 3.63) is 166 Å². The molecule has 262 valence electrons. The van der Waals surface area contributed by atoms with Crippen LogP contribution in [0, 0.1) is 0 Å². The van der Waals surface area contributed by atoms with Crippen molar-refractivity contribution in [2.75, 3.05) is 0 Å². The Kier molecular flexibility index (Phi) is 7.84. The second-order valence-corrected chi connectivity index (χ2v) is 103. The third-order valence-corrected chi connectivity index (χ3v) is 59.2. The SMILES string of the molecule is CC(C)(C)c1ccc(-c2cccc3c2C=C[CH]3[Hf]([CH3])([CH3])([CH3])(=[SiH2])([CH2]Cc2ccccc2)[CH]2C=Cc3c(-c4ccc(C(C)(C)C)cc4)cccc32)cc1. The van der Waals surface area contributed by atoms with Crippen molar-refractivity contribution in [3.8, 4) is 22.3 Å². The zero-order valence-corrected chi connectivity index (χ0v) is 37.6. The molecule has 7 rings (SSSR count). The van der Waals surface area contributed by atoms with Crippen LogP contribution in [-0.2, 0) is 31.4 Å². The maximum atomic E-state index is 2.83. The van der Waals surface area contributed by atoms with Crippen LogP contribution in [0.2, 0.25) is 18.2 Å². The second-order valence-electron chi connectivity index (χ2n) is 21.5. The van der Waals surface area contributed by atoms with E-state index in [1.165, 1.54) is 65.4 Å². The number of hydrogen-bond donors (Lipinski definition) is 0. The number of hydrogen-bond acceptors (Lipinski definition) is 0. The monoisotopic (exact) mass is 854 g/mol. The molecule has 0 amide bonds. The molecule has 5 aromatic rings. The Morgan fingerprint density at radius 2 is 0.922 bits per heavy atom. The quantitative estimate of drug-likeness (QED) is 0.143. The first-order chi connectivity index (χ1) is 23.7. The van der Waals surface area contributed by atoms with Crippen molar-refractivity contribution in [2.45, 2.75) is 84.4 Å². The van der Waals surface area contributed by atoms with Crippen molar-refractivity contribution in [1.82, 2.24) is 0 Å². The Balaban J connectivity index is 1.39. The fraction of sp³-hybridized carbons (Fsp3) is 0.306. The molecular formula is C49H58HfSi. The minimum absolute atomic E-state index is 0.135. The number of fused-ring (bicyclic) bond motifs is 2. The molecule has 51 heavy (non-hydrogen) atoms. The van der Waals surface area contributed by atoms with Gasteiger partial charge in [-0.25, -0.2) is 0 Å². The van der Waals surface area contributed by atoms with Crippen molar-refractivity contribution in [1.29, 1.82) is 0 Å². The van der Waals surface area contributed by atoms with Crippen LogP contribution in [0.3, 0.4) is 0 Å². The van der Waals surface area contributed by atoms with Crippen LogP contribution in [0.4, 0.5) is 0 Å². The molecule has 0 bridgehead atoms. The van der Waals surface area contributed by atoms with Crippen molar-refractivity contribution in [2.24, 2.45) is 0 Å². The predicted octanol–water partition coefficient (Wildman–Crippen LogP) is 13.6. The van der Waals surface area contributed by atoms with Gasteiger partial charge in [-0.15, -0.1) is 0 Å². The van der Waals surface area contributed by atoms with Crippen molar-refractivity contribution < 1.29 is 14.2 Å². The van der Waals surface area contributed by atoms with E-state index in [1.807, 2.05) is 0 Å². The van der Waals surface area contributed by atoms with Crippen LogP contribution in [0.5, 0.6) is 0 Å². The average Bonchev–Trinajstić information content (AvgIpc) is 3.75. The van der Waals surface area contributed by atoms with Gasteiger partial charge in [0.2, 0.25) is 0 Å². The van der Waals surface area contributed by atoms with Crippen LogP contribution in [-0.4, -0.2) is 6.94 Å². The first kappa shape index (κ1) is 36.0. The van der Waals surface area contributed by atoms with Crippen LogP contribution < -0.4 is 0 Å². The molecule has 0 aromatic heterocycles. The molecule has 2 aliphatic rings. The molecule has 2 aliphatic carbocycles. The minimum atomic E-state index is -5.16. The van der Waals surface area contributed by atoms with Crippen LogP contribution in [0.15, 0.2) is 127 Å². The molecule has 0 saturated carbocycles. The molecular weight excluding hydrogens is 795 g/mol. The van der Waals surface area contributed by atoms with Gasteiger partial charge in [0.25, 0.3) is 0 Å². The molecule has 2 heteroatoms. The fourth-order valence-electron chi connectivity index (χ4n) is 9.89. The summed E-state index contributed by atoms with van der Waals surface area (Å²) in [6.45, 7) is 16.2. The van der Waals surface area contributed by atoms with Gasteiger partial charge in [-0.3, -0.25) is 0 Å². The van der Waals surface area contributed by atoms with E-state index in [-0.39, 0.29) is 10.8 Å². The van der Waals surface area contributed by atoms with E-state index in [0.29, 0.717) is 7.35 Å². The summed E-state index contributed by atoms with van der Waals surface area (Å²) in [6, 6.07) is 44.1. The van der Waals surface area contributed by atoms with Crippen LogP contribution >= 0.6 is 0 Å². The fourth-order valence-corrected chi connectivity index (χ4v) is 46.8. The van der Waals surface area contributed by atoms with Crippen LogP contribution in [0.1, 0.15) is 87.8 Å². The summed E-state index contributed by atoms with van der Waals surface area (Å²) in [7, 11) is 0. The van der Waals surface area contributed by atoms with E-state index >= 15 is 0 Å². The molecule has 2 unspecified atom stereocenters. The molecule has 0 spiro atoms. The van der Waals surface area contributed by atoms with Gasteiger partial charge < -0.3 is 0 Å². The number of aryl methyl sites for hydroxylation is 1. The molecule has 0 N–H and O–H groups in total. The van der Waals surface area contributed by atoms with E-state index in [4.69, 9.17) is 0 Å². The molecule has 0 aliphatic heterocycles. The van der Waals surface area contributed by atoms with Gasteiger partial charge in [-0.2, -0.15) is 0 Å². The summed E-state index contributed by atoms with van der Waals surface area (Å²) in [5.74, 6) is 0. The van der Waals surface area contributed by atoms with Gasteiger partial charge in [0.1, 0.15) is 0 Å². The second kappa shape index (κ2) is 11.1. The Morgan fingerprint density at radius 1 is 0.510 bits per heavy atom. The maximum absolute atomic E-state index is 5.16. The Labute approximate surface area is 304 Å². The van der Waals surface area contributed by atoms with Gasteiger partial charge in [0.15, 0.2) is 0 Å². The van der Waals surface area contributed by atoms with Crippen molar-refractivity contribution >= 4 is 19.1 Å². The van der Waals surface area contributed by atoms with Crippen LogP contribution in [0.25, 0.3) is 34.4 Å². The summed E-state index contributed by atoms with van der Waals surface area (Å²) in [5, 5.41) is 0. The molecule has 0 heterocycles. The number of allylic oxidation sites excluding steroid dienone is 2. The van der Waals surface area contributed by atoms with E-state index in [1.54, 1.807) is 0 Å². The van der Waals surface area contributed by atoms with E-state index < -0.39 is 14.2 Å². The Hall–Kier alpha value is -3.33. The normalized spacial score (nSPS) is 19.1. The average molecular weight is 854 g/mol. The zero-order chi connectivity index (χ0) is 36.6. The molecule has 5 aromatic carbocycles. The standard InChI is InChI=1S/2C19H19.C8H9.3CH3.Hf.H2Si/c2*1-19(2,3)16-12-10-15(11-13-16)18-9-5-7-14-6-4-8-17(14)18;1-2-8-6-4-3-5-7-8;;;;;/h2*4-13H,1-3H3;3-7H,1-2H2;3*1H3;;1H2. The van der Waals surface area contributed by atoms with E-state index in [2.05, 4.69) is 202 Å². The van der Waals surface area contributed by atoms with Gasteiger partial charge in [-0.05, 0) is 0 Å². The summed E-state index contributed by atoms with van der Waals surface area (Å²) in [4.78, 5) is 0. The zero-order valence-electron chi connectivity index (χ0n) is 32.6. The summed E-state index contributed by atoms with van der Waals surface area (Å²) < 4.78 is 10.4. The van der Waals surface area contributed by atoms with E-state index in [0.717, 1.165) is 6.42 Å². The molecule has 0 radical (unpaired) electrons. The summed E-state index contributed by atoms with van der Waals surface area (Å²) >= 11 is -5.16. The molecule has 0 saturated heterocycles. The van der Waals surface area contributed by atoms with Gasteiger partial charge in [-0.1, -0.05) is 0 Å². The first-order valence-corrected chi connectivity index (χ1v) is 45.0. The topological polar surface area (TPSA) is 0 Å². The van der Waals surface area contributed by atoms with Crippen molar-refractivity contribution in [3.63, 3.8) is 0 Å². The van der Waals surface area contributed by atoms with E-state index in [9.17, 15) is 0 Å². The first-order valence-electron chi connectivity index (χ1n) is 19.2. The summed E-state index contributed by atoms with van der Waals surface area (Å²) in [5.41, 5.74) is 15.6. The Bertz CT molecular complexity index is 2200. The summed E-state index contributed by atoms with van der Waals surface area (Å²) in [6.07, 6.45) is 11.3. The third kappa shape index (κ3) is 6.09. The van der Waals surface area contributed by atoms with Gasteiger partial charge in [0.05, 0.1) is 0 Å². The van der Waals surface area contributed by atoms with Gasteiger partial charge in [0, 0.05) is 0 Å². The molecule has 2 atom stereocenters. The third-order valence-electron chi connectivity index (χ3n) is 13.6. The molecule has 0 nitrogen and oxygen atoms in total. The Morgan fingerprint density at radius 3 is 1.31 bits per heavy atom. The molecule has 0 fully saturated rings. The van der Waals surface area contributed by atoms with Gasteiger partial charge >= 0.3 is 306 Å². The number of benzene rings is 5.